The number of amides is 1. The summed E-state index contributed by atoms with van der Waals surface area (Å²) >= 11 is 0. The highest BCUT2D eigenvalue weighted by atomic mass is 31.2. The largest absolute Gasteiger partial charge is 0.336 e. The Balaban J connectivity index is 2.47. The predicted molar refractivity (Wildman–Crippen MR) is 78.8 cm³/mol. The lowest BCUT2D eigenvalue weighted by molar-refractivity contribution is 0.0968. The van der Waals surface area contributed by atoms with E-state index in [4.69, 9.17) is 10.4 Å². The van der Waals surface area contributed by atoms with Gasteiger partial charge in [0.1, 0.15) is 0 Å². The van der Waals surface area contributed by atoms with Crippen molar-refractivity contribution < 1.29 is 13.9 Å². The van der Waals surface area contributed by atoms with Crippen LogP contribution in [0.1, 0.15) is 17.4 Å². The van der Waals surface area contributed by atoms with Crippen molar-refractivity contribution in [3.63, 3.8) is 0 Å². The SMILES string of the molecule is CCOP(C)(=O)NC(=O)c1nc2ccccc2n(N)c1=O. The van der Waals surface area contributed by atoms with E-state index in [-0.39, 0.29) is 6.61 Å². The Kier molecular flexibility index (Phi) is 4.11. The number of nitrogen functional groups attached to an aromatic ring is 1. The number of nitrogens with one attached hydrogen (secondary N) is 1. The molecule has 1 aromatic heterocycles. The van der Waals surface area contributed by atoms with Gasteiger partial charge in [0.15, 0.2) is 5.69 Å². The lowest BCUT2D eigenvalue weighted by Gasteiger charge is -2.14. The first-order chi connectivity index (χ1) is 9.85. The molecule has 1 unspecified atom stereocenters. The van der Waals surface area contributed by atoms with E-state index < -0.39 is 24.7 Å². The molecule has 1 heterocycles. The van der Waals surface area contributed by atoms with Gasteiger partial charge in [-0.25, -0.2) is 9.66 Å². The standard InChI is InChI=1S/C12H15N4O4P/c1-3-20-21(2,19)15-11(17)10-12(18)16(13)9-7-5-4-6-8(9)14-10/h4-7H,3,13H2,1-2H3,(H,15,17,19). The van der Waals surface area contributed by atoms with Crippen LogP contribution in [0, 0.1) is 0 Å². The second-order valence-corrected chi connectivity index (χ2v) is 6.50. The van der Waals surface area contributed by atoms with Gasteiger partial charge < -0.3 is 10.4 Å². The van der Waals surface area contributed by atoms with E-state index in [0.717, 1.165) is 4.68 Å². The Morgan fingerprint density at radius 3 is 2.81 bits per heavy atom. The van der Waals surface area contributed by atoms with E-state index in [9.17, 15) is 14.2 Å². The minimum Gasteiger partial charge on any atom is -0.336 e. The predicted octanol–water partition coefficient (Wildman–Crippen LogP) is 0.700. The first kappa shape index (κ1) is 15.2. The molecule has 0 spiro atoms. The van der Waals surface area contributed by atoms with Crippen LogP contribution in [0.4, 0.5) is 0 Å². The highest BCUT2D eigenvalue weighted by Crippen LogP contribution is 2.37. The topological polar surface area (TPSA) is 116 Å². The molecule has 112 valence electrons. The highest BCUT2D eigenvalue weighted by molar-refractivity contribution is 7.56. The molecule has 1 amide bonds. The monoisotopic (exact) mass is 310 g/mol. The lowest BCUT2D eigenvalue weighted by Crippen LogP contribution is -2.36. The van der Waals surface area contributed by atoms with Gasteiger partial charge in [-0.3, -0.25) is 19.2 Å². The van der Waals surface area contributed by atoms with Crippen LogP contribution in [0.3, 0.4) is 0 Å². The van der Waals surface area contributed by atoms with E-state index in [1.54, 1.807) is 31.2 Å². The van der Waals surface area contributed by atoms with E-state index in [0.29, 0.717) is 11.0 Å². The molecule has 0 aliphatic rings. The summed E-state index contributed by atoms with van der Waals surface area (Å²) in [5, 5.41) is 2.17. The third kappa shape index (κ3) is 3.12. The molecule has 3 N–H and O–H groups in total. The zero-order valence-corrected chi connectivity index (χ0v) is 12.5. The molecule has 2 aromatic rings. The van der Waals surface area contributed by atoms with Gasteiger partial charge >= 0.3 is 5.56 Å². The van der Waals surface area contributed by atoms with Crippen molar-refractivity contribution >= 4 is 24.5 Å². The first-order valence-corrected chi connectivity index (χ1v) is 8.24. The van der Waals surface area contributed by atoms with Crippen molar-refractivity contribution in [2.45, 2.75) is 6.92 Å². The number of carbonyl (C=O) groups excluding carboxylic acids is 1. The molecule has 0 saturated heterocycles. The van der Waals surface area contributed by atoms with E-state index in [1.165, 1.54) is 6.66 Å². The summed E-state index contributed by atoms with van der Waals surface area (Å²) in [5.41, 5.74) is -0.434. The number of nitrogens with zero attached hydrogens (tertiary/aromatic N) is 2. The van der Waals surface area contributed by atoms with Crippen molar-refractivity contribution in [3.05, 3.63) is 40.3 Å². The van der Waals surface area contributed by atoms with Gasteiger partial charge in [-0.15, -0.1) is 0 Å². The van der Waals surface area contributed by atoms with Crippen LogP contribution >= 0.6 is 7.52 Å². The number of para-hydroxylation sites is 2. The summed E-state index contributed by atoms with van der Waals surface area (Å²) in [4.78, 5) is 28.1. The fourth-order valence-electron chi connectivity index (χ4n) is 1.82. The van der Waals surface area contributed by atoms with Gasteiger partial charge in [-0.1, -0.05) is 12.1 Å². The van der Waals surface area contributed by atoms with Gasteiger partial charge in [0.2, 0.25) is 0 Å². The molecule has 0 bridgehead atoms. The van der Waals surface area contributed by atoms with Crippen molar-refractivity contribution in [2.24, 2.45) is 0 Å². The number of aromatic nitrogens is 2. The van der Waals surface area contributed by atoms with Gasteiger partial charge in [0.05, 0.1) is 17.6 Å². The average molecular weight is 310 g/mol. The summed E-state index contributed by atoms with van der Waals surface area (Å²) in [7, 11) is -3.34. The molecule has 1 atom stereocenters. The minimum atomic E-state index is -3.34. The second kappa shape index (κ2) is 5.67. The Hall–Kier alpha value is -2.18. The fourth-order valence-corrected chi connectivity index (χ4v) is 2.85. The Morgan fingerprint density at radius 2 is 2.14 bits per heavy atom. The first-order valence-electron chi connectivity index (χ1n) is 6.17. The van der Waals surface area contributed by atoms with E-state index in [1.807, 2.05) is 0 Å². The maximum Gasteiger partial charge on any atom is 0.300 e. The molecule has 8 nitrogen and oxygen atoms in total. The molecule has 0 saturated carbocycles. The van der Waals surface area contributed by atoms with Crippen LogP contribution < -0.4 is 16.5 Å². The molecule has 0 aliphatic carbocycles. The van der Waals surface area contributed by atoms with E-state index >= 15 is 0 Å². The van der Waals surface area contributed by atoms with Crippen LogP contribution in [0.2, 0.25) is 0 Å². The zero-order valence-electron chi connectivity index (χ0n) is 11.6. The molecule has 0 radical (unpaired) electrons. The molecular weight excluding hydrogens is 295 g/mol. The number of rotatable bonds is 4. The molecule has 2 rings (SSSR count). The van der Waals surface area contributed by atoms with Gasteiger partial charge in [-0.05, 0) is 19.1 Å². The highest BCUT2D eigenvalue weighted by Gasteiger charge is 2.23. The smallest absolute Gasteiger partial charge is 0.300 e. The summed E-state index contributed by atoms with van der Waals surface area (Å²) < 4.78 is 17.7. The molecule has 0 fully saturated rings. The average Bonchev–Trinajstić information content (AvgIpc) is 2.42. The minimum absolute atomic E-state index is 0.167. The number of fused-ring (bicyclic) bond motifs is 1. The second-order valence-electron chi connectivity index (χ2n) is 4.33. The molecule has 1 aromatic carbocycles. The van der Waals surface area contributed by atoms with Crippen molar-refractivity contribution in [3.8, 4) is 0 Å². The van der Waals surface area contributed by atoms with Crippen molar-refractivity contribution in [2.75, 3.05) is 19.1 Å². The third-order valence-electron chi connectivity index (χ3n) is 2.69. The van der Waals surface area contributed by atoms with Crippen molar-refractivity contribution in [1.82, 2.24) is 14.7 Å². The molecule has 21 heavy (non-hydrogen) atoms. The summed E-state index contributed by atoms with van der Waals surface area (Å²) in [5.74, 6) is 4.78. The lowest BCUT2D eigenvalue weighted by atomic mass is 10.3. The number of hydrogen-bond acceptors (Lipinski definition) is 6. The fraction of sp³-hybridized carbons (Fsp3) is 0.250. The number of nitrogens with two attached hydrogens (primary N) is 1. The Morgan fingerprint density at radius 1 is 1.48 bits per heavy atom. The van der Waals surface area contributed by atoms with Gasteiger partial charge in [0, 0.05) is 6.66 Å². The Labute approximate surface area is 120 Å². The molecule has 0 aliphatic heterocycles. The number of carbonyl (C=O) groups is 1. The van der Waals surface area contributed by atoms with Crippen LogP contribution in [0.5, 0.6) is 0 Å². The zero-order chi connectivity index (χ0) is 15.6. The van der Waals surface area contributed by atoms with Crippen LogP contribution in [-0.4, -0.2) is 28.8 Å². The maximum atomic E-state index is 12.1. The van der Waals surface area contributed by atoms with Gasteiger partial charge in [-0.2, -0.15) is 0 Å². The molecular formula is C12H15N4O4P. The maximum absolute atomic E-state index is 12.1. The van der Waals surface area contributed by atoms with Crippen LogP contribution in [0.25, 0.3) is 11.0 Å². The number of hydrogen-bond donors (Lipinski definition) is 2. The number of benzene rings is 1. The molecule has 9 heteroatoms. The quantitative estimate of drug-likeness (QED) is 0.634. The van der Waals surface area contributed by atoms with E-state index in [2.05, 4.69) is 10.1 Å². The van der Waals surface area contributed by atoms with Crippen LogP contribution in [-0.2, 0) is 9.09 Å². The van der Waals surface area contributed by atoms with Gasteiger partial charge in [0.25, 0.3) is 13.4 Å². The summed E-state index contributed by atoms with van der Waals surface area (Å²) in [6.45, 7) is 3.06. The normalized spacial score (nSPS) is 13.8. The summed E-state index contributed by atoms with van der Waals surface area (Å²) in [6, 6.07) is 6.62. The third-order valence-corrected chi connectivity index (χ3v) is 4.05. The van der Waals surface area contributed by atoms with Crippen molar-refractivity contribution in [1.29, 1.82) is 0 Å². The van der Waals surface area contributed by atoms with Crippen LogP contribution in [0.15, 0.2) is 29.1 Å². The summed E-state index contributed by atoms with van der Waals surface area (Å²) in [6.07, 6.45) is 0. The Bertz CT molecular complexity index is 801.